The van der Waals surface area contributed by atoms with Crippen molar-refractivity contribution in [2.24, 2.45) is 0 Å². The molecule has 30 heavy (non-hydrogen) atoms. The van der Waals surface area contributed by atoms with E-state index in [1.165, 1.54) is 0 Å². The van der Waals surface area contributed by atoms with E-state index in [9.17, 15) is 9.59 Å². The molecule has 1 amide bonds. The highest BCUT2D eigenvalue weighted by Gasteiger charge is 2.37. The number of ketones is 1. The summed E-state index contributed by atoms with van der Waals surface area (Å²) in [5.41, 5.74) is 2.88. The molecule has 0 unspecified atom stereocenters. The van der Waals surface area contributed by atoms with Crippen LogP contribution in [0.25, 0.3) is 6.08 Å². The predicted molar refractivity (Wildman–Crippen MR) is 120 cm³/mol. The summed E-state index contributed by atoms with van der Waals surface area (Å²) >= 11 is 0. The zero-order valence-electron chi connectivity index (χ0n) is 16.9. The molecule has 1 aliphatic rings. The number of rotatable bonds is 6. The second-order valence-corrected chi connectivity index (χ2v) is 7.59. The summed E-state index contributed by atoms with van der Waals surface area (Å²) < 4.78 is 0. The lowest BCUT2D eigenvalue weighted by atomic mass is 9.89. The fraction of sp³-hybridized carbons (Fsp3) is 0.185. The highest BCUT2D eigenvalue weighted by molar-refractivity contribution is 6.01. The van der Waals surface area contributed by atoms with Crippen LogP contribution in [0.4, 0.5) is 0 Å². The van der Waals surface area contributed by atoms with Crippen molar-refractivity contribution in [2.75, 3.05) is 6.54 Å². The van der Waals surface area contributed by atoms with E-state index in [-0.39, 0.29) is 11.7 Å². The maximum atomic E-state index is 13.7. The second-order valence-electron chi connectivity index (χ2n) is 7.59. The zero-order chi connectivity index (χ0) is 20.8. The van der Waals surface area contributed by atoms with Gasteiger partial charge in [0.25, 0.3) is 0 Å². The van der Waals surface area contributed by atoms with Crippen molar-refractivity contribution in [1.29, 1.82) is 0 Å². The Balaban J connectivity index is 1.59. The maximum Gasteiger partial charge on any atom is 0.235 e. The Morgan fingerprint density at radius 2 is 1.33 bits per heavy atom. The molecule has 3 aromatic rings. The first-order valence-electron chi connectivity index (χ1n) is 10.4. The Morgan fingerprint density at radius 1 is 0.800 bits per heavy atom. The summed E-state index contributed by atoms with van der Waals surface area (Å²) in [4.78, 5) is 28.4. The van der Waals surface area contributed by atoms with Gasteiger partial charge in [-0.15, -0.1) is 0 Å². The number of amides is 1. The van der Waals surface area contributed by atoms with Gasteiger partial charge in [0, 0.05) is 6.54 Å². The largest absolute Gasteiger partial charge is 0.331 e. The third kappa shape index (κ3) is 4.41. The van der Waals surface area contributed by atoms with Crippen LogP contribution in [0.5, 0.6) is 0 Å². The molecule has 1 saturated heterocycles. The molecule has 3 heteroatoms. The van der Waals surface area contributed by atoms with Crippen LogP contribution in [0, 0.1) is 0 Å². The highest BCUT2D eigenvalue weighted by atomic mass is 16.2. The van der Waals surface area contributed by atoms with Gasteiger partial charge in [0.15, 0.2) is 5.78 Å². The molecule has 0 saturated carbocycles. The van der Waals surface area contributed by atoms with Gasteiger partial charge >= 0.3 is 0 Å². The van der Waals surface area contributed by atoms with Crippen LogP contribution in [-0.2, 0) is 9.59 Å². The lowest BCUT2D eigenvalue weighted by molar-refractivity contribution is -0.136. The Labute approximate surface area is 177 Å². The second kappa shape index (κ2) is 9.36. The first kappa shape index (κ1) is 19.8. The molecule has 0 radical (unpaired) electrons. The number of carbonyl (C=O) groups excluding carboxylic acids is 2. The van der Waals surface area contributed by atoms with E-state index in [1.807, 2.05) is 97.1 Å². The van der Waals surface area contributed by atoms with E-state index in [2.05, 4.69) is 0 Å². The van der Waals surface area contributed by atoms with Crippen LogP contribution < -0.4 is 0 Å². The van der Waals surface area contributed by atoms with Gasteiger partial charge < -0.3 is 4.90 Å². The van der Waals surface area contributed by atoms with Crippen molar-refractivity contribution >= 4 is 17.8 Å². The van der Waals surface area contributed by atoms with Gasteiger partial charge in [-0.3, -0.25) is 9.59 Å². The maximum absolute atomic E-state index is 13.7. The van der Waals surface area contributed by atoms with Gasteiger partial charge in [0.2, 0.25) is 5.91 Å². The monoisotopic (exact) mass is 395 g/mol. The van der Waals surface area contributed by atoms with Crippen molar-refractivity contribution < 1.29 is 9.59 Å². The van der Waals surface area contributed by atoms with Gasteiger partial charge in [0.1, 0.15) is 0 Å². The van der Waals surface area contributed by atoms with Gasteiger partial charge in [-0.1, -0.05) is 97.1 Å². The Morgan fingerprint density at radius 3 is 1.90 bits per heavy atom. The molecular weight excluding hydrogens is 370 g/mol. The summed E-state index contributed by atoms with van der Waals surface area (Å²) in [6, 6.07) is 29.0. The SMILES string of the molecule is O=C(C=Cc1ccccc1)[C@@H]1CCCN1C(=O)C(c1ccccc1)c1ccccc1. The Kier molecular flexibility index (Phi) is 6.19. The number of likely N-dealkylation sites (tertiary alicyclic amines) is 1. The molecule has 3 aromatic carbocycles. The minimum absolute atomic E-state index is 0.00337. The first-order valence-corrected chi connectivity index (χ1v) is 10.4. The van der Waals surface area contributed by atoms with E-state index in [0.717, 1.165) is 23.1 Å². The molecule has 0 aromatic heterocycles. The third-order valence-corrected chi connectivity index (χ3v) is 5.62. The van der Waals surface area contributed by atoms with Crippen molar-refractivity contribution in [3.63, 3.8) is 0 Å². The molecule has 0 N–H and O–H groups in total. The topological polar surface area (TPSA) is 37.4 Å². The third-order valence-electron chi connectivity index (χ3n) is 5.62. The minimum Gasteiger partial charge on any atom is -0.331 e. The quantitative estimate of drug-likeness (QED) is 0.545. The molecule has 150 valence electrons. The fourth-order valence-corrected chi connectivity index (χ4v) is 4.11. The normalized spacial score (nSPS) is 16.3. The van der Waals surface area contributed by atoms with Gasteiger partial charge in [-0.25, -0.2) is 0 Å². The molecule has 4 rings (SSSR count). The minimum atomic E-state index is -0.404. The molecular formula is C27H25NO2. The van der Waals surface area contributed by atoms with E-state index in [4.69, 9.17) is 0 Å². The van der Waals surface area contributed by atoms with Crippen LogP contribution in [-0.4, -0.2) is 29.2 Å². The summed E-state index contributed by atoms with van der Waals surface area (Å²) in [7, 11) is 0. The highest BCUT2D eigenvalue weighted by Crippen LogP contribution is 2.30. The van der Waals surface area contributed by atoms with Crippen molar-refractivity contribution in [2.45, 2.75) is 24.8 Å². The van der Waals surface area contributed by atoms with Crippen molar-refractivity contribution in [3.05, 3.63) is 114 Å². The Bertz CT molecular complexity index is 973. The van der Waals surface area contributed by atoms with Crippen LogP contribution >= 0.6 is 0 Å². The first-order chi connectivity index (χ1) is 14.7. The molecule has 1 fully saturated rings. The van der Waals surface area contributed by atoms with E-state index >= 15 is 0 Å². The molecule has 0 spiro atoms. The van der Waals surface area contributed by atoms with Gasteiger partial charge in [-0.05, 0) is 35.6 Å². The number of hydrogen-bond acceptors (Lipinski definition) is 2. The Hall–Kier alpha value is -3.46. The van der Waals surface area contributed by atoms with Crippen LogP contribution in [0.15, 0.2) is 97.1 Å². The summed E-state index contributed by atoms with van der Waals surface area (Å²) in [5.74, 6) is -0.417. The van der Waals surface area contributed by atoms with Crippen LogP contribution in [0.3, 0.4) is 0 Å². The molecule has 0 aliphatic carbocycles. The zero-order valence-corrected chi connectivity index (χ0v) is 16.9. The molecule has 1 atom stereocenters. The average molecular weight is 396 g/mol. The van der Waals surface area contributed by atoms with Crippen LogP contribution in [0.2, 0.25) is 0 Å². The molecule has 3 nitrogen and oxygen atoms in total. The smallest absolute Gasteiger partial charge is 0.235 e. The van der Waals surface area contributed by atoms with E-state index in [1.54, 1.807) is 11.0 Å². The summed E-state index contributed by atoms with van der Waals surface area (Å²) in [5, 5.41) is 0. The van der Waals surface area contributed by atoms with E-state index < -0.39 is 12.0 Å². The number of hydrogen-bond donors (Lipinski definition) is 0. The van der Waals surface area contributed by atoms with E-state index in [0.29, 0.717) is 13.0 Å². The van der Waals surface area contributed by atoms with Crippen LogP contribution in [0.1, 0.15) is 35.4 Å². The number of carbonyl (C=O) groups is 2. The summed E-state index contributed by atoms with van der Waals surface area (Å²) in [6.07, 6.45) is 5.00. The number of nitrogens with zero attached hydrogens (tertiary/aromatic N) is 1. The van der Waals surface area contributed by atoms with Crippen molar-refractivity contribution in [1.82, 2.24) is 4.90 Å². The lowest BCUT2D eigenvalue weighted by Crippen LogP contribution is -2.42. The van der Waals surface area contributed by atoms with Gasteiger partial charge in [-0.2, -0.15) is 0 Å². The predicted octanol–water partition coefficient (Wildman–Crippen LogP) is 5.09. The molecule has 1 aliphatic heterocycles. The number of benzene rings is 3. The average Bonchev–Trinajstić information content (AvgIpc) is 3.30. The summed E-state index contributed by atoms with van der Waals surface area (Å²) in [6.45, 7) is 0.616. The molecule has 1 heterocycles. The lowest BCUT2D eigenvalue weighted by Gasteiger charge is -2.28. The van der Waals surface area contributed by atoms with Gasteiger partial charge in [0.05, 0.1) is 12.0 Å². The molecule has 0 bridgehead atoms. The fourth-order valence-electron chi connectivity index (χ4n) is 4.11. The standard InChI is InChI=1S/C27H25NO2/c29-25(19-18-21-11-4-1-5-12-21)24-17-10-20-28(24)27(30)26(22-13-6-2-7-14-22)23-15-8-3-9-16-23/h1-9,11-16,18-19,24,26H,10,17,20H2/t24-/m0/s1. The van der Waals surface area contributed by atoms with Crippen molar-refractivity contribution in [3.8, 4) is 0 Å².